The molecule has 2 unspecified atom stereocenters. The highest BCUT2D eigenvalue weighted by atomic mass is 16.5. The Hall–Kier alpha value is -1.47. The number of ether oxygens (including phenoxy) is 1. The molecule has 140 valence electrons. The van der Waals surface area contributed by atoms with E-state index in [1.54, 1.807) is 7.11 Å². The van der Waals surface area contributed by atoms with Gasteiger partial charge in [-0.05, 0) is 38.1 Å². The number of aromatic nitrogens is 3. The number of hydrogen-bond acceptors (Lipinski definition) is 5. The number of carbonyl (C=O) groups is 1. The number of nitrogens with zero attached hydrogens (tertiary/aromatic N) is 4. The first-order valence-corrected chi connectivity index (χ1v) is 9.61. The number of fused-ring (bicyclic) bond motifs is 3. The number of unbranched alkanes of at least 4 members (excludes halogenated alkanes) is 1. The summed E-state index contributed by atoms with van der Waals surface area (Å²) < 4.78 is 7.00. The number of aryl methyl sites for hydroxylation is 1. The van der Waals surface area contributed by atoms with E-state index in [4.69, 9.17) is 4.74 Å². The predicted molar refractivity (Wildman–Crippen MR) is 95.1 cm³/mol. The second kappa shape index (κ2) is 8.76. The van der Waals surface area contributed by atoms with Crippen molar-refractivity contribution in [3.05, 3.63) is 11.9 Å². The average Bonchev–Trinajstić information content (AvgIpc) is 3.08. The number of rotatable bonds is 9. The van der Waals surface area contributed by atoms with Crippen LogP contribution in [-0.4, -0.2) is 65.2 Å². The Morgan fingerprint density at radius 3 is 3.08 bits per heavy atom. The monoisotopic (exact) mass is 349 g/mol. The Balaban J connectivity index is 1.52. The van der Waals surface area contributed by atoms with Crippen LogP contribution in [0, 0.1) is 11.8 Å². The molecular formula is C18H31N5O2. The van der Waals surface area contributed by atoms with Crippen LogP contribution in [0.15, 0.2) is 6.20 Å². The van der Waals surface area contributed by atoms with Gasteiger partial charge in [0.2, 0.25) is 5.91 Å². The Bertz CT molecular complexity index is 561. The molecule has 0 aromatic carbocycles. The van der Waals surface area contributed by atoms with Crippen molar-refractivity contribution in [1.82, 2.24) is 25.2 Å². The van der Waals surface area contributed by atoms with Gasteiger partial charge < -0.3 is 10.1 Å². The van der Waals surface area contributed by atoms with E-state index in [-0.39, 0.29) is 11.8 Å². The van der Waals surface area contributed by atoms with Gasteiger partial charge in [-0.3, -0.25) is 14.4 Å². The first-order valence-electron chi connectivity index (χ1n) is 9.61. The van der Waals surface area contributed by atoms with Crippen LogP contribution in [0.5, 0.6) is 0 Å². The number of methoxy groups -OCH3 is 1. The van der Waals surface area contributed by atoms with Gasteiger partial charge in [0.1, 0.15) is 0 Å². The quantitative estimate of drug-likeness (QED) is 0.676. The lowest BCUT2D eigenvalue weighted by Gasteiger charge is -2.49. The Morgan fingerprint density at radius 1 is 1.48 bits per heavy atom. The summed E-state index contributed by atoms with van der Waals surface area (Å²) in [6.07, 6.45) is 7.64. The van der Waals surface area contributed by atoms with Gasteiger partial charge >= 0.3 is 0 Å². The van der Waals surface area contributed by atoms with Crippen LogP contribution < -0.4 is 5.32 Å². The fraction of sp³-hybridized carbons (Fsp3) is 0.833. The van der Waals surface area contributed by atoms with Gasteiger partial charge in [0.25, 0.3) is 0 Å². The van der Waals surface area contributed by atoms with Gasteiger partial charge in [-0.25, -0.2) is 0 Å². The van der Waals surface area contributed by atoms with Crippen molar-refractivity contribution in [2.24, 2.45) is 11.8 Å². The molecule has 0 saturated carbocycles. The van der Waals surface area contributed by atoms with Crippen LogP contribution >= 0.6 is 0 Å². The average molecular weight is 349 g/mol. The smallest absolute Gasteiger partial charge is 0.224 e. The summed E-state index contributed by atoms with van der Waals surface area (Å²) in [5.74, 6) is 0.797. The minimum absolute atomic E-state index is 0.123. The zero-order chi connectivity index (χ0) is 17.6. The summed E-state index contributed by atoms with van der Waals surface area (Å²) in [5, 5.41) is 11.6. The molecule has 1 aromatic rings. The molecule has 0 aliphatic carbocycles. The zero-order valence-corrected chi connectivity index (χ0v) is 15.5. The van der Waals surface area contributed by atoms with E-state index >= 15 is 0 Å². The first-order chi connectivity index (χ1) is 12.2. The molecule has 3 fully saturated rings. The molecule has 3 aliphatic rings. The Labute approximate surface area is 150 Å². The van der Waals surface area contributed by atoms with Crippen LogP contribution in [0.1, 0.15) is 38.3 Å². The fourth-order valence-electron chi connectivity index (χ4n) is 4.15. The van der Waals surface area contributed by atoms with Crippen molar-refractivity contribution in [3.8, 4) is 0 Å². The summed E-state index contributed by atoms with van der Waals surface area (Å²) in [6, 6.07) is 0.475. The minimum atomic E-state index is 0.123. The lowest BCUT2D eigenvalue weighted by Crippen LogP contribution is -2.58. The van der Waals surface area contributed by atoms with Gasteiger partial charge in [0.15, 0.2) is 0 Å². The van der Waals surface area contributed by atoms with Crippen LogP contribution in [0.3, 0.4) is 0 Å². The minimum Gasteiger partial charge on any atom is -0.383 e. The predicted octanol–water partition coefficient (Wildman–Crippen LogP) is 1.09. The van der Waals surface area contributed by atoms with Crippen molar-refractivity contribution < 1.29 is 9.53 Å². The van der Waals surface area contributed by atoms with Crippen LogP contribution in [0.25, 0.3) is 0 Å². The lowest BCUT2D eigenvalue weighted by molar-refractivity contribution is -0.133. The highest BCUT2D eigenvalue weighted by Gasteiger charge is 2.43. The van der Waals surface area contributed by atoms with E-state index in [2.05, 4.69) is 33.6 Å². The van der Waals surface area contributed by atoms with E-state index in [0.717, 1.165) is 51.0 Å². The molecule has 2 bridgehead atoms. The van der Waals surface area contributed by atoms with Crippen molar-refractivity contribution >= 4 is 5.91 Å². The summed E-state index contributed by atoms with van der Waals surface area (Å²) >= 11 is 0. The van der Waals surface area contributed by atoms with Crippen LogP contribution in [0.2, 0.25) is 0 Å². The molecule has 4 atom stereocenters. The van der Waals surface area contributed by atoms with Crippen LogP contribution in [0.4, 0.5) is 0 Å². The summed E-state index contributed by atoms with van der Waals surface area (Å²) in [5.41, 5.74) is 1.09. The number of hydrogen-bond donors (Lipinski definition) is 1. The second-order valence-corrected chi connectivity index (χ2v) is 7.36. The highest BCUT2D eigenvalue weighted by molar-refractivity contribution is 5.79. The third-order valence-electron chi connectivity index (χ3n) is 5.59. The maximum Gasteiger partial charge on any atom is 0.224 e. The SMILES string of the molecule is CCCCc1cn(C[C@H]2CC3CCN2C[C@@H]3C(=O)NCCOC)nn1. The molecule has 4 rings (SSSR count). The summed E-state index contributed by atoms with van der Waals surface area (Å²) in [6.45, 7) is 6.20. The van der Waals surface area contributed by atoms with E-state index < -0.39 is 0 Å². The van der Waals surface area contributed by atoms with Gasteiger partial charge in [-0.1, -0.05) is 18.6 Å². The molecule has 0 spiro atoms. The number of nitrogens with one attached hydrogen (secondary N) is 1. The lowest BCUT2D eigenvalue weighted by atomic mass is 9.75. The van der Waals surface area contributed by atoms with E-state index in [9.17, 15) is 4.79 Å². The molecule has 1 amide bonds. The maximum atomic E-state index is 12.4. The highest BCUT2D eigenvalue weighted by Crippen LogP contribution is 2.36. The third-order valence-corrected chi connectivity index (χ3v) is 5.59. The molecule has 1 N–H and O–H groups in total. The molecule has 7 nitrogen and oxygen atoms in total. The van der Waals surface area contributed by atoms with Crippen molar-refractivity contribution in [2.45, 2.75) is 51.6 Å². The van der Waals surface area contributed by atoms with E-state index in [1.807, 2.05) is 4.68 Å². The second-order valence-electron chi connectivity index (χ2n) is 7.36. The molecule has 3 saturated heterocycles. The molecular weight excluding hydrogens is 318 g/mol. The topological polar surface area (TPSA) is 72.3 Å². The summed E-state index contributed by atoms with van der Waals surface area (Å²) in [4.78, 5) is 14.9. The van der Waals surface area contributed by atoms with Crippen LogP contribution in [-0.2, 0) is 22.5 Å². The molecule has 7 heteroatoms. The number of carbonyl (C=O) groups excluding carboxylic acids is 1. The molecule has 3 aliphatic heterocycles. The van der Waals surface area contributed by atoms with Gasteiger partial charge in [-0.2, -0.15) is 0 Å². The van der Waals surface area contributed by atoms with E-state index in [1.165, 1.54) is 6.42 Å². The largest absolute Gasteiger partial charge is 0.383 e. The normalized spacial score (nSPS) is 28.2. The third kappa shape index (κ3) is 4.58. The van der Waals surface area contributed by atoms with E-state index in [0.29, 0.717) is 25.1 Å². The van der Waals surface area contributed by atoms with Gasteiger partial charge in [0.05, 0.1) is 24.8 Å². The first kappa shape index (κ1) is 18.3. The van der Waals surface area contributed by atoms with Crippen molar-refractivity contribution in [2.75, 3.05) is 33.4 Å². The number of piperidine rings is 3. The molecule has 25 heavy (non-hydrogen) atoms. The zero-order valence-electron chi connectivity index (χ0n) is 15.5. The Morgan fingerprint density at radius 2 is 2.36 bits per heavy atom. The van der Waals surface area contributed by atoms with Crippen molar-refractivity contribution in [3.63, 3.8) is 0 Å². The number of amides is 1. The maximum absolute atomic E-state index is 12.4. The van der Waals surface area contributed by atoms with Gasteiger partial charge in [0, 0.05) is 32.4 Å². The standard InChI is InChI=1S/C18H31N5O2/c1-3-4-5-15-11-23(21-20-15)12-16-10-14-6-8-22(16)13-17(14)18(24)19-7-9-25-2/h11,14,16-17H,3-10,12-13H2,1-2H3,(H,19,24)/t14?,16-,17+/m1/s1. The molecule has 4 heterocycles. The summed E-state index contributed by atoms with van der Waals surface area (Å²) in [7, 11) is 1.66. The molecule has 1 aromatic heterocycles. The van der Waals surface area contributed by atoms with Crippen molar-refractivity contribution in [1.29, 1.82) is 0 Å². The molecule has 0 radical (unpaired) electrons. The fourth-order valence-corrected chi connectivity index (χ4v) is 4.15. The Kier molecular flexibility index (Phi) is 6.42. The van der Waals surface area contributed by atoms with Gasteiger partial charge in [-0.15, -0.1) is 5.10 Å².